The number of anilines is 1. The lowest BCUT2D eigenvalue weighted by Gasteiger charge is -2.07. The van der Waals surface area contributed by atoms with Crippen LogP contribution in [0.5, 0.6) is 5.75 Å². The Bertz CT molecular complexity index is 1070. The molecule has 0 amide bonds. The Morgan fingerprint density at radius 2 is 1.88 bits per heavy atom. The maximum Gasteiger partial charge on any atom is 0.290 e. The van der Waals surface area contributed by atoms with E-state index in [1.54, 1.807) is 31.2 Å². The van der Waals surface area contributed by atoms with Crippen LogP contribution in [0.2, 0.25) is 0 Å². The number of nitrogens with one attached hydrogen (secondary N) is 1. The van der Waals surface area contributed by atoms with Gasteiger partial charge in [0.15, 0.2) is 0 Å². The van der Waals surface area contributed by atoms with Gasteiger partial charge in [0, 0.05) is 18.9 Å². The van der Waals surface area contributed by atoms with Crippen molar-refractivity contribution in [2.24, 2.45) is 7.05 Å². The van der Waals surface area contributed by atoms with Gasteiger partial charge in [0.1, 0.15) is 22.0 Å². The molecule has 2 heterocycles. The molecular formula is C15H16N4O4S. The SMILES string of the molecule is COc1ccc(NS(=O)(=O)c2cc3c(=O)n(C)nc(C)n3c2)cc1. The van der Waals surface area contributed by atoms with Crippen molar-refractivity contribution in [2.45, 2.75) is 11.8 Å². The fourth-order valence-corrected chi connectivity index (χ4v) is 3.44. The molecule has 0 saturated carbocycles. The van der Waals surface area contributed by atoms with E-state index >= 15 is 0 Å². The van der Waals surface area contributed by atoms with Crippen LogP contribution in [0.15, 0.2) is 46.2 Å². The second-order valence-electron chi connectivity index (χ2n) is 5.24. The highest BCUT2D eigenvalue weighted by Gasteiger charge is 2.19. The highest BCUT2D eigenvalue weighted by Crippen LogP contribution is 2.20. The lowest BCUT2D eigenvalue weighted by molar-refractivity contribution is 0.415. The Hall–Kier alpha value is -2.81. The Balaban J connectivity index is 2.03. The van der Waals surface area contributed by atoms with E-state index in [0.29, 0.717) is 17.3 Å². The van der Waals surface area contributed by atoms with Gasteiger partial charge >= 0.3 is 0 Å². The summed E-state index contributed by atoms with van der Waals surface area (Å²) in [4.78, 5) is 12.1. The van der Waals surface area contributed by atoms with E-state index in [9.17, 15) is 13.2 Å². The van der Waals surface area contributed by atoms with Crippen LogP contribution in [0.3, 0.4) is 0 Å². The molecule has 3 rings (SSSR count). The number of rotatable bonds is 4. The zero-order valence-corrected chi connectivity index (χ0v) is 14.2. The first kappa shape index (κ1) is 16.1. The molecule has 3 aromatic rings. The maximum atomic E-state index is 12.5. The maximum absolute atomic E-state index is 12.5. The van der Waals surface area contributed by atoms with Crippen molar-refractivity contribution in [3.63, 3.8) is 0 Å². The topological polar surface area (TPSA) is 94.7 Å². The summed E-state index contributed by atoms with van der Waals surface area (Å²) in [6, 6.07) is 7.83. The number of hydrogen-bond acceptors (Lipinski definition) is 5. The number of benzene rings is 1. The number of fused-ring (bicyclic) bond motifs is 1. The number of nitrogens with zero attached hydrogens (tertiary/aromatic N) is 3. The van der Waals surface area contributed by atoms with E-state index < -0.39 is 10.0 Å². The van der Waals surface area contributed by atoms with Crippen LogP contribution in [-0.2, 0) is 17.1 Å². The van der Waals surface area contributed by atoms with Crippen LogP contribution in [-0.4, -0.2) is 29.7 Å². The molecule has 0 saturated heterocycles. The van der Waals surface area contributed by atoms with E-state index in [2.05, 4.69) is 9.82 Å². The number of ether oxygens (including phenoxy) is 1. The van der Waals surface area contributed by atoms with Gasteiger partial charge in [-0.2, -0.15) is 5.10 Å². The largest absolute Gasteiger partial charge is 0.497 e. The van der Waals surface area contributed by atoms with Crippen molar-refractivity contribution in [3.05, 3.63) is 52.7 Å². The normalized spacial score (nSPS) is 11.6. The summed E-state index contributed by atoms with van der Waals surface area (Å²) >= 11 is 0. The zero-order chi connectivity index (χ0) is 17.5. The summed E-state index contributed by atoms with van der Waals surface area (Å²) in [5, 5.41) is 4.04. The molecule has 0 atom stereocenters. The van der Waals surface area contributed by atoms with Crippen molar-refractivity contribution in [1.82, 2.24) is 14.2 Å². The monoisotopic (exact) mass is 348 g/mol. The summed E-state index contributed by atoms with van der Waals surface area (Å²) in [6.07, 6.45) is 1.38. The summed E-state index contributed by atoms with van der Waals surface area (Å²) < 4.78 is 35.2. The molecule has 0 bridgehead atoms. The first-order chi connectivity index (χ1) is 11.3. The summed E-state index contributed by atoms with van der Waals surface area (Å²) in [7, 11) is -0.778. The summed E-state index contributed by atoms with van der Waals surface area (Å²) in [5.74, 6) is 1.13. The van der Waals surface area contributed by atoms with Gasteiger partial charge in [-0.05, 0) is 37.3 Å². The van der Waals surface area contributed by atoms with Gasteiger partial charge in [-0.15, -0.1) is 0 Å². The molecule has 1 N–H and O–H groups in total. The van der Waals surface area contributed by atoms with E-state index in [1.807, 2.05) is 0 Å². The molecule has 0 fully saturated rings. The molecule has 0 radical (unpaired) electrons. The van der Waals surface area contributed by atoms with Crippen molar-refractivity contribution < 1.29 is 13.2 Å². The molecule has 0 aliphatic rings. The molecule has 8 nitrogen and oxygen atoms in total. The minimum atomic E-state index is -3.83. The summed E-state index contributed by atoms with van der Waals surface area (Å²) in [6.45, 7) is 1.69. The van der Waals surface area contributed by atoms with Crippen LogP contribution >= 0.6 is 0 Å². The number of hydrogen-bond donors (Lipinski definition) is 1. The molecular weight excluding hydrogens is 332 g/mol. The fraction of sp³-hybridized carbons (Fsp3) is 0.200. The predicted octanol–water partition coefficient (Wildman–Crippen LogP) is 1.15. The van der Waals surface area contributed by atoms with Gasteiger partial charge in [0.2, 0.25) is 0 Å². The first-order valence-corrected chi connectivity index (χ1v) is 8.53. The van der Waals surface area contributed by atoms with Crippen molar-refractivity contribution in [1.29, 1.82) is 0 Å². The van der Waals surface area contributed by atoms with Gasteiger partial charge in [-0.3, -0.25) is 13.9 Å². The first-order valence-electron chi connectivity index (χ1n) is 7.05. The summed E-state index contributed by atoms with van der Waals surface area (Å²) in [5.41, 5.74) is 0.278. The van der Waals surface area contributed by atoms with Crippen molar-refractivity contribution >= 4 is 21.2 Å². The Morgan fingerprint density at radius 3 is 2.50 bits per heavy atom. The van der Waals surface area contributed by atoms with E-state index in [-0.39, 0.29) is 16.0 Å². The van der Waals surface area contributed by atoms with Gasteiger partial charge in [-0.1, -0.05) is 0 Å². The second-order valence-corrected chi connectivity index (χ2v) is 6.92. The molecule has 0 spiro atoms. The number of aromatic nitrogens is 3. The minimum absolute atomic E-state index is 0.00785. The molecule has 1 aromatic carbocycles. The smallest absolute Gasteiger partial charge is 0.290 e. The number of methoxy groups -OCH3 is 1. The van der Waals surface area contributed by atoms with Gasteiger partial charge in [0.05, 0.1) is 7.11 Å². The third-order valence-corrected chi connectivity index (χ3v) is 4.95. The number of aryl methyl sites for hydroxylation is 2. The van der Waals surface area contributed by atoms with Crippen LogP contribution in [0.4, 0.5) is 5.69 Å². The molecule has 0 aliphatic carbocycles. The standard InChI is InChI=1S/C15H16N4O4S/c1-10-16-18(2)15(20)14-8-13(9-19(10)14)24(21,22)17-11-4-6-12(23-3)7-5-11/h4-9,17H,1-3H3. The highest BCUT2D eigenvalue weighted by atomic mass is 32.2. The molecule has 24 heavy (non-hydrogen) atoms. The average molecular weight is 348 g/mol. The molecule has 0 unspecified atom stereocenters. The third kappa shape index (κ3) is 2.73. The molecule has 0 aliphatic heterocycles. The van der Waals surface area contributed by atoms with Crippen molar-refractivity contribution in [2.75, 3.05) is 11.8 Å². The Kier molecular flexibility index (Phi) is 3.80. The fourth-order valence-electron chi connectivity index (χ4n) is 2.37. The number of sulfonamides is 1. The second kappa shape index (κ2) is 5.68. The van der Waals surface area contributed by atoms with Gasteiger partial charge in [0.25, 0.3) is 15.6 Å². The highest BCUT2D eigenvalue weighted by molar-refractivity contribution is 7.92. The van der Waals surface area contributed by atoms with Crippen molar-refractivity contribution in [3.8, 4) is 5.75 Å². The quantitative estimate of drug-likeness (QED) is 0.763. The van der Waals surface area contributed by atoms with E-state index in [0.717, 1.165) is 0 Å². The van der Waals surface area contributed by atoms with Gasteiger partial charge in [-0.25, -0.2) is 13.1 Å². The van der Waals surface area contributed by atoms with E-state index in [1.165, 1.54) is 35.5 Å². The predicted molar refractivity (Wildman–Crippen MR) is 89.0 cm³/mol. The average Bonchev–Trinajstić information content (AvgIpc) is 3.00. The molecule has 9 heteroatoms. The van der Waals surface area contributed by atoms with Crippen LogP contribution in [0.1, 0.15) is 5.82 Å². The van der Waals surface area contributed by atoms with Crippen LogP contribution in [0, 0.1) is 6.92 Å². The van der Waals surface area contributed by atoms with E-state index in [4.69, 9.17) is 4.74 Å². The minimum Gasteiger partial charge on any atom is -0.497 e. The molecule has 126 valence electrons. The Morgan fingerprint density at radius 1 is 1.21 bits per heavy atom. The van der Waals surface area contributed by atoms with Gasteiger partial charge < -0.3 is 4.74 Å². The lowest BCUT2D eigenvalue weighted by atomic mass is 10.3. The third-order valence-electron chi connectivity index (χ3n) is 3.60. The van der Waals surface area contributed by atoms with Crippen LogP contribution < -0.4 is 15.0 Å². The lowest BCUT2D eigenvalue weighted by Crippen LogP contribution is -2.22. The van der Waals surface area contributed by atoms with Crippen LogP contribution in [0.25, 0.3) is 5.52 Å². The molecule has 2 aromatic heterocycles. The zero-order valence-electron chi connectivity index (χ0n) is 13.3. The Labute approximate surface area is 138 Å².